The van der Waals surface area contributed by atoms with Crippen molar-refractivity contribution < 1.29 is 14.1 Å². The van der Waals surface area contributed by atoms with Crippen molar-refractivity contribution >= 4 is 17.4 Å². The molecule has 2 aromatic rings. The summed E-state index contributed by atoms with van der Waals surface area (Å²) in [5.41, 5.74) is 0.727. The molecule has 1 amide bonds. The van der Waals surface area contributed by atoms with Crippen LogP contribution < -0.4 is 15.4 Å². The van der Waals surface area contributed by atoms with E-state index in [1.54, 1.807) is 45.4 Å². The minimum atomic E-state index is -0.442. The SMILES string of the molecule is COc1ccc(N[C@@H](C)C(=O)Nc2cc(C)on2)cn1. The van der Waals surface area contributed by atoms with Crippen LogP contribution in [0.5, 0.6) is 5.88 Å². The van der Waals surface area contributed by atoms with E-state index < -0.39 is 6.04 Å². The number of ether oxygens (including phenoxy) is 1. The molecule has 0 spiro atoms. The van der Waals surface area contributed by atoms with Gasteiger partial charge >= 0.3 is 0 Å². The highest BCUT2D eigenvalue weighted by atomic mass is 16.5. The average Bonchev–Trinajstić information content (AvgIpc) is 2.85. The van der Waals surface area contributed by atoms with E-state index in [9.17, 15) is 4.79 Å². The lowest BCUT2D eigenvalue weighted by atomic mass is 10.3. The van der Waals surface area contributed by atoms with Crippen molar-refractivity contribution in [3.63, 3.8) is 0 Å². The smallest absolute Gasteiger partial charge is 0.247 e. The molecule has 0 fully saturated rings. The Morgan fingerprint density at radius 1 is 1.45 bits per heavy atom. The van der Waals surface area contributed by atoms with Gasteiger partial charge in [0.1, 0.15) is 11.8 Å². The molecule has 20 heavy (non-hydrogen) atoms. The van der Waals surface area contributed by atoms with Gasteiger partial charge in [0.15, 0.2) is 5.82 Å². The second kappa shape index (κ2) is 6.05. The Kier molecular flexibility index (Phi) is 4.19. The largest absolute Gasteiger partial charge is 0.481 e. The molecule has 0 saturated carbocycles. The van der Waals surface area contributed by atoms with Crippen molar-refractivity contribution in [1.29, 1.82) is 0 Å². The van der Waals surface area contributed by atoms with Crippen LogP contribution in [0.3, 0.4) is 0 Å². The highest BCUT2D eigenvalue weighted by Gasteiger charge is 2.14. The quantitative estimate of drug-likeness (QED) is 0.866. The van der Waals surface area contributed by atoms with Crippen molar-refractivity contribution in [1.82, 2.24) is 10.1 Å². The Hall–Kier alpha value is -2.57. The van der Waals surface area contributed by atoms with Gasteiger partial charge in [-0.1, -0.05) is 5.16 Å². The number of hydrogen-bond acceptors (Lipinski definition) is 6. The lowest BCUT2D eigenvalue weighted by Crippen LogP contribution is -2.32. The van der Waals surface area contributed by atoms with Crippen molar-refractivity contribution in [3.8, 4) is 5.88 Å². The van der Waals surface area contributed by atoms with Crippen molar-refractivity contribution in [2.75, 3.05) is 17.7 Å². The van der Waals surface area contributed by atoms with Crippen LogP contribution in [0.1, 0.15) is 12.7 Å². The van der Waals surface area contributed by atoms with Crippen LogP contribution in [0.4, 0.5) is 11.5 Å². The third kappa shape index (κ3) is 3.47. The number of anilines is 2. The fraction of sp³-hybridized carbons (Fsp3) is 0.308. The predicted octanol–water partition coefficient (Wildman–Crippen LogP) is 1.83. The monoisotopic (exact) mass is 276 g/mol. The molecule has 0 aliphatic rings. The van der Waals surface area contributed by atoms with Gasteiger partial charge in [0.2, 0.25) is 11.8 Å². The van der Waals surface area contributed by atoms with Crippen molar-refractivity contribution in [2.24, 2.45) is 0 Å². The van der Waals surface area contributed by atoms with E-state index in [2.05, 4.69) is 20.8 Å². The average molecular weight is 276 g/mol. The Morgan fingerprint density at radius 2 is 2.25 bits per heavy atom. The predicted molar refractivity (Wildman–Crippen MR) is 73.7 cm³/mol. The summed E-state index contributed by atoms with van der Waals surface area (Å²) >= 11 is 0. The number of amides is 1. The molecular weight excluding hydrogens is 260 g/mol. The number of methoxy groups -OCH3 is 1. The molecule has 7 heteroatoms. The fourth-order valence-electron chi connectivity index (χ4n) is 1.56. The third-order valence-corrected chi connectivity index (χ3v) is 2.60. The number of aromatic nitrogens is 2. The minimum Gasteiger partial charge on any atom is -0.481 e. The summed E-state index contributed by atoms with van der Waals surface area (Å²) in [6.45, 7) is 3.50. The Balaban J connectivity index is 1.92. The van der Waals surface area contributed by atoms with Gasteiger partial charge in [-0.05, 0) is 19.9 Å². The summed E-state index contributed by atoms with van der Waals surface area (Å²) in [7, 11) is 1.55. The number of nitrogens with zero attached hydrogens (tertiary/aromatic N) is 2. The number of nitrogens with one attached hydrogen (secondary N) is 2. The normalized spacial score (nSPS) is 11.8. The lowest BCUT2D eigenvalue weighted by molar-refractivity contribution is -0.116. The summed E-state index contributed by atoms with van der Waals surface area (Å²) < 4.78 is 9.85. The molecule has 2 aromatic heterocycles. The summed E-state index contributed by atoms with van der Waals surface area (Å²) in [5, 5.41) is 9.39. The third-order valence-electron chi connectivity index (χ3n) is 2.60. The zero-order valence-corrected chi connectivity index (χ0v) is 11.5. The number of aryl methyl sites for hydroxylation is 1. The van der Waals surface area contributed by atoms with Crippen molar-refractivity contribution in [2.45, 2.75) is 19.9 Å². The Bertz CT molecular complexity index is 580. The first-order valence-corrected chi connectivity index (χ1v) is 6.09. The molecule has 2 heterocycles. The van der Waals surface area contributed by atoms with E-state index >= 15 is 0 Å². The number of pyridine rings is 1. The first-order valence-electron chi connectivity index (χ1n) is 6.09. The van der Waals surface area contributed by atoms with E-state index in [0.29, 0.717) is 17.5 Å². The van der Waals surface area contributed by atoms with Crippen LogP contribution >= 0.6 is 0 Å². The van der Waals surface area contributed by atoms with E-state index in [4.69, 9.17) is 9.26 Å². The zero-order chi connectivity index (χ0) is 14.5. The van der Waals surface area contributed by atoms with Crippen LogP contribution in [-0.4, -0.2) is 29.2 Å². The Morgan fingerprint density at radius 3 is 2.80 bits per heavy atom. The summed E-state index contributed by atoms with van der Waals surface area (Å²) in [6.07, 6.45) is 1.60. The highest BCUT2D eigenvalue weighted by Crippen LogP contribution is 2.13. The fourth-order valence-corrected chi connectivity index (χ4v) is 1.56. The molecule has 0 aliphatic heterocycles. The molecule has 0 unspecified atom stereocenters. The summed E-state index contributed by atoms with van der Waals surface area (Å²) in [4.78, 5) is 16.0. The highest BCUT2D eigenvalue weighted by molar-refractivity contribution is 5.95. The van der Waals surface area contributed by atoms with E-state index in [-0.39, 0.29) is 5.91 Å². The summed E-state index contributed by atoms with van der Waals surface area (Å²) in [6, 6.07) is 4.71. The number of rotatable bonds is 5. The maximum Gasteiger partial charge on any atom is 0.247 e. The van der Waals surface area contributed by atoms with Gasteiger partial charge in [0.05, 0.1) is 19.0 Å². The molecule has 0 radical (unpaired) electrons. The van der Waals surface area contributed by atoms with Crippen LogP contribution in [0.2, 0.25) is 0 Å². The van der Waals surface area contributed by atoms with Crippen LogP contribution in [0.15, 0.2) is 28.9 Å². The van der Waals surface area contributed by atoms with Gasteiger partial charge in [-0.15, -0.1) is 0 Å². The number of hydrogen-bond donors (Lipinski definition) is 2. The van der Waals surface area contributed by atoms with Gasteiger partial charge < -0.3 is 19.9 Å². The number of carbonyl (C=O) groups excluding carboxylic acids is 1. The van der Waals surface area contributed by atoms with Gasteiger partial charge in [-0.3, -0.25) is 4.79 Å². The number of carbonyl (C=O) groups is 1. The van der Waals surface area contributed by atoms with E-state index in [1.165, 1.54) is 0 Å². The molecule has 2 N–H and O–H groups in total. The van der Waals surface area contributed by atoms with Crippen LogP contribution in [-0.2, 0) is 4.79 Å². The van der Waals surface area contributed by atoms with Gasteiger partial charge in [-0.25, -0.2) is 4.98 Å². The maximum atomic E-state index is 11.9. The van der Waals surface area contributed by atoms with Gasteiger partial charge in [0.25, 0.3) is 0 Å². The molecule has 0 aromatic carbocycles. The molecule has 0 bridgehead atoms. The first kappa shape index (κ1) is 13.9. The maximum absolute atomic E-state index is 11.9. The second-order valence-electron chi connectivity index (χ2n) is 4.27. The van der Waals surface area contributed by atoms with E-state index in [1.807, 2.05) is 0 Å². The molecule has 7 nitrogen and oxygen atoms in total. The molecular formula is C13H16N4O3. The van der Waals surface area contributed by atoms with Crippen molar-refractivity contribution in [3.05, 3.63) is 30.2 Å². The second-order valence-corrected chi connectivity index (χ2v) is 4.27. The van der Waals surface area contributed by atoms with Crippen LogP contribution in [0.25, 0.3) is 0 Å². The van der Waals surface area contributed by atoms with Gasteiger partial charge in [0, 0.05) is 12.1 Å². The molecule has 1 atom stereocenters. The zero-order valence-electron chi connectivity index (χ0n) is 11.5. The molecule has 106 valence electrons. The standard InChI is InChI=1S/C13H16N4O3/c1-8-6-11(17-20-8)16-13(18)9(2)15-10-4-5-12(19-3)14-7-10/h4-7,9,15H,1-3H3,(H,16,17,18)/t9-/m0/s1. The first-order chi connectivity index (χ1) is 9.58. The molecule has 0 aliphatic carbocycles. The van der Waals surface area contributed by atoms with Gasteiger partial charge in [-0.2, -0.15) is 0 Å². The van der Waals surface area contributed by atoms with E-state index in [0.717, 1.165) is 5.69 Å². The topological polar surface area (TPSA) is 89.3 Å². The summed E-state index contributed by atoms with van der Waals surface area (Å²) in [5.74, 6) is 1.34. The Labute approximate surface area is 116 Å². The lowest BCUT2D eigenvalue weighted by Gasteiger charge is -2.14. The molecule has 0 saturated heterocycles. The molecule has 2 rings (SSSR count). The van der Waals surface area contributed by atoms with Crippen LogP contribution in [0, 0.1) is 6.92 Å². The minimum absolute atomic E-state index is 0.214.